The average molecular weight is 349 g/mol. The molecular weight excluding hydrogens is 326 g/mol. The molecular formula is C21H23N3O2. The van der Waals surface area contributed by atoms with E-state index < -0.39 is 0 Å². The Morgan fingerprint density at radius 3 is 2.69 bits per heavy atom. The predicted molar refractivity (Wildman–Crippen MR) is 99.9 cm³/mol. The second kappa shape index (κ2) is 7.28. The van der Waals surface area contributed by atoms with Crippen molar-refractivity contribution in [3.05, 3.63) is 76.0 Å². The number of hydrogen-bond donors (Lipinski definition) is 1. The minimum absolute atomic E-state index is 0.0278. The van der Waals surface area contributed by atoms with E-state index in [1.54, 1.807) is 18.5 Å². The van der Waals surface area contributed by atoms with Crippen molar-refractivity contribution in [2.24, 2.45) is 5.92 Å². The van der Waals surface area contributed by atoms with Gasteiger partial charge in [0.05, 0.1) is 6.54 Å². The summed E-state index contributed by atoms with van der Waals surface area (Å²) >= 11 is 0. The molecule has 0 fully saturated rings. The van der Waals surface area contributed by atoms with Crippen LogP contribution in [0.25, 0.3) is 0 Å². The van der Waals surface area contributed by atoms with Gasteiger partial charge in [0.1, 0.15) is 0 Å². The highest BCUT2D eigenvalue weighted by molar-refractivity contribution is 5.79. The van der Waals surface area contributed by atoms with Crippen molar-refractivity contribution >= 4 is 5.91 Å². The Balaban J connectivity index is 1.50. The van der Waals surface area contributed by atoms with Crippen LogP contribution < -0.4 is 10.9 Å². The highest BCUT2D eigenvalue weighted by Gasteiger charge is 2.26. The highest BCUT2D eigenvalue weighted by Crippen LogP contribution is 2.23. The van der Waals surface area contributed by atoms with Gasteiger partial charge in [0.15, 0.2) is 0 Å². The molecule has 0 unspecified atom stereocenters. The molecule has 1 N–H and O–H groups in total. The fourth-order valence-electron chi connectivity index (χ4n) is 3.94. The van der Waals surface area contributed by atoms with Crippen LogP contribution in [0, 0.1) is 5.92 Å². The quantitative estimate of drug-likeness (QED) is 0.861. The lowest BCUT2D eigenvalue weighted by atomic mass is 9.90. The number of allylic oxidation sites excluding steroid dienone is 2. The maximum absolute atomic E-state index is 12.4. The lowest BCUT2D eigenvalue weighted by molar-refractivity contribution is -0.125. The Morgan fingerprint density at radius 1 is 1.15 bits per heavy atom. The van der Waals surface area contributed by atoms with Crippen LogP contribution in [-0.2, 0) is 24.2 Å². The number of amides is 1. The second-order valence-corrected chi connectivity index (χ2v) is 7.17. The molecule has 26 heavy (non-hydrogen) atoms. The number of hydrogen-bond acceptors (Lipinski definition) is 3. The molecule has 0 spiro atoms. The molecule has 2 aliphatic rings. The number of carbonyl (C=O) groups is 1. The van der Waals surface area contributed by atoms with Gasteiger partial charge in [0.25, 0.3) is 5.56 Å². The van der Waals surface area contributed by atoms with Crippen molar-refractivity contribution in [1.82, 2.24) is 14.9 Å². The lowest BCUT2D eigenvalue weighted by Gasteiger charge is -2.28. The SMILES string of the molecule is O=C(N[C@@H]1CCc2c(ccc(=O)n2Cc2ccncc2)C1)C1CC=CC1. The summed E-state index contributed by atoms with van der Waals surface area (Å²) in [5.74, 6) is 0.255. The van der Waals surface area contributed by atoms with E-state index in [1.807, 2.05) is 22.8 Å². The van der Waals surface area contributed by atoms with E-state index in [0.717, 1.165) is 43.4 Å². The Labute approximate surface area is 152 Å². The van der Waals surface area contributed by atoms with Gasteiger partial charge in [-0.2, -0.15) is 0 Å². The van der Waals surface area contributed by atoms with Crippen LogP contribution in [0.2, 0.25) is 0 Å². The van der Waals surface area contributed by atoms with Crippen molar-refractivity contribution in [1.29, 1.82) is 0 Å². The molecule has 2 aromatic rings. The molecule has 134 valence electrons. The topological polar surface area (TPSA) is 64.0 Å². The average Bonchev–Trinajstić information content (AvgIpc) is 3.20. The molecule has 0 saturated heterocycles. The van der Waals surface area contributed by atoms with Gasteiger partial charge in [-0.15, -0.1) is 0 Å². The van der Waals surface area contributed by atoms with E-state index in [0.29, 0.717) is 6.54 Å². The first-order valence-electron chi connectivity index (χ1n) is 9.26. The van der Waals surface area contributed by atoms with E-state index in [9.17, 15) is 9.59 Å². The summed E-state index contributed by atoms with van der Waals surface area (Å²) in [4.78, 5) is 28.8. The molecule has 0 saturated carbocycles. The maximum Gasteiger partial charge on any atom is 0.251 e. The minimum Gasteiger partial charge on any atom is -0.353 e. The van der Waals surface area contributed by atoms with Gasteiger partial charge in [-0.1, -0.05) is 18.2 Å². The first-order valence-corrected chi connectivity index (χ1v) is 9.26. The molecule has 0 aromatic carbocycles. The van der Waals surface area contributed by atoms with Crippen LogP contribution in [-0.4, -0.2) is 21.5 Å². The van der Waals surface area contributed by atoms with Crippen molar-refractivity contribution < 1.29 is 4.79 Å². The van der Waals surface area contributed by atoms with Crippen molar-refractivity contribution in [2.45, 2.75) is 44.7 Å². The number of pyridine rings is 2. The Morgan fingerprint density at radius 2 is 1.92 bits per heavy atom. The number of carbonyl (C=O) groups excluding carboxylic acids is 1. The highest BCUT2D eigenvalue weighted by atomic mass is 16.2. The monoisotopic (exact) mass is 349 g/mol. The lowest BCUT2D eigenvalue weighted by Crippen LogP contribution is -2.42. The van der Waals surface area contributed by atoms with Gasteiger partial charge in [0.2, 0.25) is 5.91 Å². The van der Waals surface area contributed by atoms with Crippen LogP contribution in [0.5, 0.6) is 0 Å². The van der Waals surface area contributed by atoms with Crippen molar-refractivity contribution in [3.8, 4) is 0 Å². The first kappa shape index (κ1) is 16.8. The Kier molecular flexibility index (Phi) is 4.69. The molecule has 0 radical (unpaired) electrons. The van der Waals surface area contributed by atoms with Crippen molar-refractivity contribution in [3.63, 3.8) is 0 Å². The zero-order chi connectivity index (χ0) is 17.9. The van der Waals surface area contributed by atoms with E-state index in [1.165, 1.54) is 5.56 Å². The summed E-state index contributed by atoms with van der Waals surface area (Å²) in [6.45, 7) is 0.565. The van der Waals surface area contributed by atoms with Gasteiger partial charge in [0, 0.05) is 36.1 Å². The third kappa shape index (κ3) is 3.47. The van der Waals surface area contributed by atoms with Gasteiger partial charge >= 0.3 is 0 Å². The number of aromatic nitrogens is 2. The predicted octanol–water partition coefficient (Wildman–Crippen LogP) is 2.23. The van der Waals surface area contributed by atoms with Gasteiger partial charge in [-0.05, 0) is 55.4 Å². The minimum atomic E-state index is 0.0278. The van der Waals surface area contributed by atoms with Crippen LogP contribution in [0.4, 0.5) is 0 Å². The summed E-state index contributed by atoms with van der Waals surface area (Å²) in [5, 5.41) is 3.21. The molecule has 5 nitrogen and oxygen atoms in total. The zero-order valence-corrected chi connectivity index (χ0v) is 14.7. The van der Waals surface area contributed by atoms with E-state index in [4.69, 9.17) is 0 Å². The van der Waals surface area contributed by atoms with Gasteiger partial charge in [-0.3, -0.25) is 14.6 Å². The molecule has 1 atom stereocenters. The van der Waals surface area contributed by atoms with Crippen LogP contribution in [0.1, 0.15) is 36.1 Å². The Bertz CT molecular complexity index is 878. The van der Waals surface area contributed by atoms with Crippen LogP contribution in [0.3, 0.4) is 0 Å². The fourth-order valence-corrected chi connectivity index (χ4v) is 3.94. The standard InChI is InChI=1S/C21H23N3O2/c25-20-8-5-17-13-18(23-21(26)16-3-1-2-4-16)6-7-19(17)24(20)14-15-9-11-22-12-10-15/h1-2,5,8-12,16,18H,3-4,6-7,13-14H2,(H,23,26)/t18-/m1/s1. The van der Waals surface area contributed by atoms with Crippen molar-refractivity contribution in [2.75, 3.05) is 0 Å². The summed E-state index contributed by atoms with van der Waals surface area (Å²) in [6.07, 6.45) is 11.8. The smallest absolute Gasteiger partial charge is 0.251 e. The molecule has 2 aliphatic carbocycles. The summed E-state index contributed by atoms with van der Waals surface area (Å²) < 4.78 is 1.86. The number of nitrogens with zero attached hydrogens (tertiary/aromatic N) is 2. The number of nitrogens with one attached hydrogen (secondary N) is 1. The second-order valence-electron chi connectivity index (χ2n) is 7.17. The summed E-state index contributed by atoms with van der Waals surface area (Å²) in [5.41, 5.74) is 3.36. The molecule has 2 heterocycles. The van der Waals surface area contributed by atoms with E-state index in [-0.39, 0.29) is 23.4 Å². The fraction of sp³-hybridized carbons (Fsp3) is 0.381. The molecule has 1 amide bonds. The van der Waals surface area contributed by atoms with E-state index in [2.05, 4.69) is 22.5 Å². The van der Waals surface area contributed by atoms with Crippen LogP contribution >= 0.6 is 0 Å². The number of rotatable bonds is 4. The molecule has 4 rings (SSSR count). The molecule has 2 aromatic heterocycles. The normalized spacial score (nSPS) is 19.3. The molecule has 0 aliphatic heterocycles. The van der Waals surface area contributed by atoms with E-state index >= 15 is 0 Å². The first-order chi connectivity index (χ1) is 12.7. The third-order valence-corrected chi connectivity index (χ3v) is 5.40. The molecule has 5 heteroatoms. The van der Waals surface area contributed by atoms with Gasteiger partial charge in [-0.25, -0.2) is 0 Å². The summed E-state index contributed by atoms with van der Waals surface area (Å²) in [7, 11) is 0. The molecule has 0 bridgehead atoms. The zero-order valence-electron chi connectivity index (χ0n) is 14.7. The maximum atomic E-state index is 12.4. The van der Waals surface area contributed by atoms with Gasteiger partial charge < -0.3 is 9.88 Å². The summed E-state index contributed by atoms with van der Waals surface area (Å²) in [6, 6.07) is 7.60. The Hall–Kier alpha value is -2.69. The van der Waals surface area contributed by atoms with Crippen LogP contribution in [0.15, 0.2) is 53.6 Å². The third-order valence-electron chi connectivity index (χ3n) is 5.40. The number of fused-ring (bicyclic) bond motifs is 1. The largest absolute Gasteiger partial charge is 0.353 e.